The molecule has 0 N–H and O–H groups in total. The zero-order valence-corrected chi connectivity index (χ0v) is 17.9. The summed E-state index contributed by atoms with van der Waals surface area (Å²) < 4.78 is 76.2. The second-order valence-corrected chi connectivity index (χ2v) is 10.4. The SMILES string of the molecule is CCc1nc2cc(C3CC(C)(S(=O)(=O)c4cccc(C(F)(F)F)c4)CCO3)ccc2o1. The Morgan fingerprint density at radius 2 is 1.97 bits per heavy atom. The highest BCUT2D eigenvalue weighted by Gasteiger charge is 2.45. The Labute approximate surface area is 178 Å². The molecule has 1 aliphatic heterocycles. The van der Waals surface area contributed by atoms with Crippen molar-refractivity contribution in [2.24, 2.45) is 0 Å². The molecule has 166 valence electrons. The minimum Gasteiger partial charge on any atom is -0.441 e. The zero-order chi connectivity index (χ0) is 22.4. The number of oxazole rings is 1. The van der Waals surface area contributed by atoms with Crippen molar-refractivity contribution in [2.45, 2.75) is 55.0 Å². The third-order valence-electron chi connectivity index (χ3n) is 5.82. The third-order valence-corrected chi connectivity index (χ3v) is 8.36. The monoisotopic (exact) mass is 453 g/mol. The number of hydrogen-bond acceptors (Lipinski definition) is 5. The van der Waals surface area contributed by atoms with E-state index in [0.29, 0.717) is 29.5 Å². The number of ether oxygens (including phenoxy) is 1. The average molecular weight is 453 g/mol. The van der Waals surface area contributed by atoms with E-state index < -0.39 is 32.4 Å². The van der Waals surface area contributed by atoms with Gasteiger partial charge in [0, 0.05) is 13.0 Å². The van der Waals surface area contributed by atoms with Crippen LogP contribution in [0.3, 0.4) is 0 Å². The molecule has 1 aliphatic rings. The van der Waals surface area contributed by atoms with E-state index in [9.17, 15) is 21.6 Å². The fourth-order valence-electron chi connectivity index (χ4n) is 3.90. The Kier molecular flexibility index (Phi) is 5.37. The van der Waals surface area contributed by atoms with E-state index in [1.165, 1.54) is 6.07 Å². The van der Waals surface area contributed by atoms with Crippen LogP contribution in [0.25, 0.3) is 11.1 Å². The number of aromatic nitrogens is 1. The Balaban J connectivity index is 1.66. The highest BCUT2D eigenvalue weighted by Crippen LogP contribution is 2.43. The number of alkyl halides is 3. The Morgan fingerprint density at radius 1 is 1.19 bits per heavy atom. The summed E-state index contributed by atoms with van der Waals surface area (Å²) in [5.41, 5.74) is 1.07. The summed E-state index contributed by atoms with van der Waals surface area (Å²) in [4.78, 5) is 4.08. The summed E-state index contributed by atoms with van der Waals surface area (Å²) in [6, 6.07) is 9.30. The molecule has 5 nitrogen and oxygen atoms in total. The van der Waals surface area contributed by atoms with Crippen LogP contribution in [0, 0.1) is 0 Å². The molecular weight excluding hydrogens is 431 g/mol. The second-order valence-electron chi connectivity index (χ2n) is 7.98. The summed E-state index contributed by atoms with van der Waals surface area (Å²) in [6.07, 6.45) is -4.18. The number of hydrogen-bond donors (Lipinski definition) is 0. The normalized spacial score (nSPS) is 22.7. The largest absolute Gasteiger partial charge is 0.441 e. The molecule has 3 aromatic rings. The van der Waals surface area contributed by atoms with Gasteiger partial charge >= 0.3 is 6.18 Å². The minimum absolute atomic E-state index is 0.121. The van der Waals surface area contributed by atoms with Gasteiger partial charge in [0.25, 0.3) is 0 Å². The van der Waals surface area contributed by atoms with Crippen LogP contribution in [-0.2, 0) is 27.2 Å². The topological polar surface area (TPSA) is 69.4 Å². The number of nitrogens with zero attached hydrogens (tertiary/aromatic N) is 1. The van der Waals surface area contributed by atoms with E-state index in [-0.39, 0.29) is 24.3 Å². The van der Waals surface area contributed by atoms with Gasteiger partial charge in [0.2, 0.25) is 0 Å². The first-order valence-corrected chi connectivity index (χ1v) is 11.4. The number of benzene rings is 2. The fraction of sp³-hybridized carbons (Fsp3) is 0.409. The minimum atomic E-state index is -4.62. The first kappa shape index (κ1) is 21.8. The second kappa shape index (κ2) is 7.63. The lowest BCUT2D eigenvalue weighted by Crippen LogP contribution is -2.42. The molecule has 4 rings (SSSR count). The van der Waals surface area contributed by atoms with Gasteiger partial charge in [-0.3, -0.25) is 0 Å². The third kappa shape index (κ3) is 3.96. The zero-order valence-electron chi connectivity index (χ0n) is 17.1. The van der Waals surface area contributed by atoms with Crippen molar-refractivity contribution in [1.29, 1.82) is 0 Å². The maximum Gasteiger partial charge on any atom is 0.416 e. The van der Waals surface area contributed by atoms with Gasteiger partial charge in [-0.1, -0.05) is 19.1 Å². The van der Waals surface area contributed by atoms with Crippen molar-refractivity contribution in [3.05, 3.63) is 59.5 Å². The van der Waals surface area contributed by atoms with Crippen LogP contribution in [0.15, 0.2) is 51.8 Å². The van der Waals surface area contributed by atoms with Crippen molar-refractivity contribution in [3.8, 4) is 0 Å². The summed E-state index contributed by atoms with van der Waals surface area (Å²) in [5.74, 6) is 0.605. The van der Waals surface area contributed by atoms with Crippen molar-refractivity contribution < 1.29 is 30.7 Å². The van der Waals surface area contributed by atoms with Crippen LogP contribution >= 0.6 is 0 Å². The lowest BCUT2D eigenvalue weighted by Gasteiger charge is -2.38. The van der Waals surface area contributed by atoms with Gasteiger partial charge < -0.3 is 9.15 Å². The molecule has 1 aromatic heterocycles. The summed E-state index contributed by atoms with van der Waals surface area (Å²) in [5, 5.41) is 0. The van der Waals surface area contributed by atoms with Crippen molar-refractivity contribution >= 4 is 20.9 Å². The van der Waals surface area contributed by atoms with Crippen LogP contribution < -0.4 is 0 Å². The molecule has 0 spiro atoms. The number of aryl methyl sites for hydroxylation is 1. The molecule has 9 heteroatoms. The smallest absolute Gasteiger partial charge is 0.416 e. The van der Waals surface area contributed by atoms with Crippen LogP contribution in [0.4, 0.5) is 13.2 Å². The maximum atomic E-state index is 13.4. The van der Waals surface area contributed by atoms with Crippen LogP contribution in [0.1, 0.15) is 49.8 Å². The van der Waals surface area contributed by atoms with Crippen molar-refractivity contribution in [3.63, 3.8) is 0 Å². The molecule has 31 heavy (non-hydrogen) atoms. The predicted molar refractivity (Wildman–Crippen MR) is 108 cm³/mol. The van der Waals surface area contributed by atoms with Gasteiger partial charge in [0.15, 0.2) is 21.3 Å². The Morgan fingerprint density at radius 3 is 2.68 bits per heavy atom. The summed E-state index contributed by atoms with van der Waals surface area (Å²) in [7, 11) is -4.04. The molecule has 1 saturated heterocycles. The molecule has 0 amide bonds. The van der Waals surface area contributed by atoms with Gasteiger partial charge in [-0.05, 0) is 55.7 Å². The van der Waals surface area contributed by atoms with Crippen LogP contribution in [0.5, 0.6) is 0 Å². The molecular formula is C22H22F3NO4S. The lowest BCUT2D eigenvalue weighted by atomic mass is 9.92. The first-order chi connectivity index (χ1) is 14.5. The van der Waals surface area contributed by atoms with E-state index in [0.717, 1.165) is 17.7 Å². The quantitative estimate of drug-likeness (QED) is 0.522. The molecule has 0 aliphatic carbocycles. The molecule has 2 heterocycles. The highest BCUT2D eigenvalue weighted by molar-refractivity contribution is 7.92. The van der Waals surface area contributed by atoms with E-state index in [4.69, 9.17) is 9.15 Å². The Hall–Kier alpha value is -2.39. The highest BCUT2D eigenvalue weighted by atomic mass is 32.2. The lowest BCUT2D eigenvalue weighted by molar-refractivity contribution is -0.137. The Bertz CT molecular complexity index is 1220. The molecule has 0 radical (unpaired) electrons. The fourth-order valence-corrected chi connectivity index (χ4v) is 5.73. The van der Waals surface area contributed by atoms with Gasteiger partial charge in [-0.2, -0.15) is 13.2 Å². The van der Waals surface area contributed by atoms with Crippen LogP contribution in [0.2, 0.25) is 0 Å². The van der Waals surface area contributed by atoms with E-state index in [2.05, 4.69) is 4.98 Å². The van der Waals surface area contributed by atoms with Gasteiger partial charge in [0.1, 0.15) is 5.52 Å². The molecule has 2 aromatic carbocycles. The number of halogens is 3. The maximum absolute atomic E-state index is 13.4. The van der Waals surface area contributed by atoms with Crippen molar-refractivity contribution in [1.82, 2.24) is 4.98 Å². The number of sulfone groups is 1. The first-order valence-electron chi connectivity index (χ1n) is 9.96. The molecule has 1 fully saturated rings. The number of rotatable bonds is 4. The van der Waals surface area contributed by atoms with Gasteiger partial charge in [-0.25, -0.2) is 13.4 Å². The predicted octanol–water partition coefficient (Wildman–Crippen LogP) is 5.49. The average Bonchev–Trinajstić information content (AvgIpc) is 3.15. The molecule has 2 unspecified atom stereocenters. The standard InChI is InChI=1S/C22H22F3NO4S/c1-3-20-26-17-11-14(7-8-18(17)30-20)19-13-21(2,9-10-29-19)31(27,28)16-6-4-5-15(12-16)22(23,24)25/h4-8,11-12,19H,3,9-10,13H2,1-2H3. The van der Waals surface area contributed by atoms with Crippen LogP contribution in [-0.4, -0.2) is 24.8 Å². The van der Waals surface area contributed by atoms with E-state index in [1.54, 1.807) is 19.1 Å². The summed E-state index contributed by atoms with van der Waals surface area (Å²) in [6.45, 7) is 3.68. The number of fused-ring (bicyclic) bond motifs is 1. The van der Waals surface area contributed by atoms with E-state index >= 15 is 0 Å². The molecule has 0 bridgehead atoms. The van der Waals surface area contributed by atoms with Gasteiger partial charge in [-0.15, -0.1) is 0 Å². The summed E-state index contributed by atoms with van der Waals surface area (Å²) >= 11 is 0. The molecule has 2 atom stereocenters. The van der Waals surface area contributed by atoms with Crippen molar-refractivity contribution in [2.75, 3.05) is 6.61 Å². The van der Waals surface area contributed by atoms with E-state index in [1.807, 2.05) is 13.0 Å². The molecule has 0 saturated carbocycles. The van der Waals surface area contributed by atoms with Gasteiger partial charge in [0.05, 0.1) is 21.3 Å².